The van der Waals surface area contributed by atoms with Gasteiger partial charge in [-0.1, -0.05) is 17.7 Å². The van der Waals surface area contributed by atoms with Crippen LogP contribution in [0.25, 0.3) is 0 Å². The number of imidazole rings is 1. The second kappa shape index (κ2) is 11.3. The molecule has 0 saturated carbocycles. The fourth-order valence-corrected chi connectivity index (χ4v) is 4.48. The Morgan fingerprint density at radius 3 is 2.37 bits per heavy atom. The number of aromatic nitrogens is 2. The van der Waals surface area contributed by atoms with E-state index in [1.54, 1.807) is 12.1 Å². The number of nitrogens with one attached hydrogen (secondary N) is 2. The molecular weight excluding hydrogens is 495 g/mol. The standard InChI is InChI=1S/C18H23N5O4S.C2HF3O2/c1-12-4-6-14(7-5-12)28(26,27)22-15(9-13-10-20-11-21-13)18(25)23-8-2-3-16(23)17(19)24;3-2(4,5)1(6)7/h4-7,10-11,15-16,22H,2-3,8-9H2,1H3,(H2,19,24)(H,20,21);(H,6,7)/t15-,16-;/m0./s1. The third-order valence-corrected chi connectivity index (χ3v) is 6.50. The molecule has 1 aromatic heterocycles. The van der Waals surface area contributed by atoms with Crippen LogP contribution in [0.4, 0.5) is 13.2 Å². The van der Waals surface area contributed by atoms with Crippen LogP contribution >= 0.6 is 0 Å². The summed E-state index contributed by atoms with van der Waals surface area (Å²) in [7, 11) is -3.94. The van der Waals surface area contributed by atoms with Crippen molar-refractivity contribution < 1.29 is 41.1 Å². The van der Waals surface area contributed by atoms with Crippen LogP contribution in [0.1, 0.15) is 24.1 Å². The molecule has 192 valence electrons. The number of hydrogen-bond acceptors (Lipinski definition) is 6. The molecular formula is C20H24F3N5O6S. The third kappa shape index (κ3) is 7.78. The van der Waals surface area contributed by atoms with Gasteiger partial charge >= 0.3 is 12.1 Å². The molecule has 2 aromatic rings. The van der Waals surface area contributed by atoms with E-state index >= 15 is 0 Å². The first-order chi connectivity index (χ1) is 16.2. The van der Waals surface area contributed by atoms with Crippen LogP contribution in [0.2, 0.25) is 0 Å². The van der Waals surface area contributed by atoms with Crippen LogP contribution in [0.3, 0.4) is 0 Å². The smallest absolute Gasteiger partial charge is 0.475 e. The molecule has 1 fully saturated rings. The minimum absolute atomic E-state index is 0.0633. The number of likely N-dealkylation sites (tertiary alicyclic amines) is 1. The average Bonchev–Trinajstić information content (AvgIpc) is 3.45. The summed E-state index contributed by atoms with van der Waals surface area (Å²) in [5.74, 6) is -3.83. The summed E-state index contributed by atoms with van der Waals surface area (Å²) in [5, 5.41) is 7.12. The normalized spacial score (nSPS) is 16.8. The number of amides is 2. The highest BCUT2D eigenvalue weighted by Gasteiger charge is 2.39. The van der Waals surface area contributed by atoms with Gasteiger partial charge in [0.05, 0.1) is 11.2 Å². The summed E-state index contributed by atoms with van der Waals surface area (Å²) in [4.78, 5) is 41.9. The van der Waals surface area contributed by atoms with Crippen molar-refractivity contribution in [2.24, 2.45) is 5.73 Å². The zero-order valence-corrected chi connectivity index (χ0v) is 19.3. The summed E-state index contributed by atoms with van der Waals surface area (Å²) < 4.78 is 59.9. The SMILES string of the molecule is Cc1ccc(S(=O)(=O)N[C@@H](Cc2cnc[nH]2)C(=O)N2CCC[C@H]2C(N)=O)cc1.O=C(O)C(F)(F)F. The molecule has 1 saturated heterocycles. The number of aryl methyl sites for hydroxylation is 1. The molecule has 2 heterocycles. The molecule has 0 radical (unpaired) electrons. The number of nitrogens with two attached hydrogens (primary N) is 1. The predicted molar refractivity (Wildman–Crippen MR) is 115 cm³/mol. The molecule has 1 aliphatic rings. The maximum atomic E-state index is 13.1. The summed E-state index contributed by atoms with van der Waals surface area (Å²) in [6.07, 6.45) is -0.918. The molecule has 2 amide bonds. The second-order valence-corrected chi connectivity index (χ2v) is 9.38. The fourth-order valence-electron chi connectivity index (χ4n) is 3.29. The lowest BCUT2D eigenvalue weighted by Gasteiger charge is -2.27. The van der Waals surface area contributed by atoms with E-state index in [-0.39, 0.29) is 11.3 Å². The molecule has 0 spiro atoms. The summed E-state index contributed by atoms with van der Waals surface area (Å²) in [6, 6.07) is 4.52. The van der Waals surface area contributed by atoms with Crippen molar-refractivity contribution >= 4 is 27.8 Å². The van der Waals surface area contributed by atoms with E-state index in [9.17, 15) is 31.2 Å². The zero-order chi connectivity index (χ0) is 26.4. The Bertz CT molecular complexity index is 1140. The lowest BCUT2D eigenvalue weighted by molar-refractivity contribution is -0.192. The first-order valence-electron chi connectivity index (χ1n) is 10.2. The minimum Gasteiger partial charge on any atom is -0.475 e. The first kappa shape index (κ1) is 27.8. The highest BCUT2D eigenvalue weighted by Crippen LogP contribution is 2.20. The molecule has 0 aliphatic carbocycles. The Labute approximate surface area is 198 Å². The van der Waals surface area contributed by atoms with Crippen LogP contribution in [0.5, 0.6) is 0 Å². The van der Waals surface area contributed by atoms with E-state index in [0.717, 1.165) is 5.56 Å². The largest absolute Gasteiger partial charge is 0.490 e. The van der Waals surface area contributed by atoms with Crippen molar-refractivity contribution in [3.8, 4) is 0 Å². The number of nitrogens with zero attached hydrogens (tertiary/aromatic N) is 2. The Balaban J connectivity index is 0.000000540. The molecule has 1 aromatic carbocycles. The lowest BCUT2D eigenvalue weighted by Crippen LogP contribution is -2.53. The quantitative estimate of drug-likeness (QED) is 0.417. The van der Waals surface area contributed by atoms with Gasteiger partial charge in [0.2, 0.25) is 21.8 Å². The fraction of sp³-hybridized carbons (Fsp3) is 0.400. The van der Waals surface area contributed by atoms with Gasteiger partial charge in [-0.2, -0.15) is 17.9 Å². The topological polar surface area (TPSA) is 176 Å². The highest BCUT2D eigenvalue weighted by molar-refractivity contribution is 7.89. The molecule has 3 rings (SSSR count). The number of hydrogen-bond donors (Lipinski definition) is 4. The molecule has 0 unspecified atom stereocenters. The van der Waals surface area contributed by atoms with Crippen LogP contribution in [0, 0.1) is 6.92 Å². The maximum absolute atomic E-state index is 13.1. The molecule has 2 atom stereocenters. The number of aliphatic carboxylic acids is 1. The van der Waals surface area contributed by atoms with Gasteiger partial charge in [-0.25, -0.2) is 18.2 Å². The van der Waals surface area contributed by atoms with Gasteiger partial charge < -0.3 is 20.7 Å². The lowest BCUT2D eigenvalue weighted by atomic mass is 10.1. The monoisotopic (exact) mass is 519 g/mol. The zero-order valence-electron chi connectivity index (χ0n) is 18.4. The highest BCUT2D eigenvalue weighted by atomic mass is 32.2. The van der Waals surface area contributed by atoms with Crippen molar-refractivity contribution in [3.05, 3.63) is 48.0 Å². The molecule has 5 N–H and O–H groups in total. The van der Waals surface area contributed by atoms with Crippen LogP contribution < -0.4 is 10.5 Å². The number of primary amides is 1. The van der Waals surface area contributed by atoms with E-state index in [4.69, 9.17) is 15.6 Å². The van der Waals surface area contributed by atoms with Gasteiger partial charge in [0.1, 0.15) is 12.1 Å². The van der Waals surface area contributed by atoms with E-state index in [0.29, 0.717) is 25.1 Å². The van der Waals surface area contributed by atoms with Crippen LogP contribution in [-0.2, 0) is 30.8 Å². The van der Waals surface area contributed by atoms with Crippen molar-refractivity contribution in [1.29, 1.82) is 0 Å². The molecule has 0 bridgehead atoms. The number of H-pyrrole nitrogens is 1. The van der Waals surface area contributed by atoms with E-state index in [1.165, 1.54) is 29.6 Å². The van der Waals surface area contributed by atoms with Crippen molar-refractivity contribution in [3.63, 3.8) is 0 Å². The molecule has 11 nitrogen and oxygen atoms in total. The Morgan fingerprint density at radius 2 is 1.89 bits per heavy atom. The van der Waals surface area contributed by atoms with Crippen molar-refractivity contribution in [2.75, 3.05) is 6.54 Å². The number of carboxylic acid groups (broad SMARTS) is 1. The van der Waals surface area contributed by atoms with Crippen molar-refractivity contribution in [2.45, 2.75) is 49.3 Å². The minimum atomic E-state index is -5.08. The number of halogens is 3. The van der Waals surface area contributed by atoms with Crippen LogP contribution in [0.15, 0.2) is 41.7 Å². The van der Waals surface area contributed by atoms with Crippen molar-refractivity contribution in [1.82, 2.24) is 19.6 Å². The second-order valence-electron chi connectivity index (χ2n) is 7.66. The Morgan fingerprint density at radius 1 is 1.29 bits per heavy atom. The number of sulfonamides is 1. The first-order valence-corrected chi connectivity index (χ1v) is 11.7. The third-order valence-electron chi connectivity index (χ3n) is 5.01. The van der Waals surface area contributed by atoms with Gasteiger partial charge in [0, 0.05) is 24.9 Å². The Kier molecular flexibility index (Phi) is 8.98. The average molecular weight is 520 g/mol. The van der Waals surface area contributed by atoms with Gasteiger partial charge in [0.25, 0.3) is 0 Å². The van der Waals surface area contributed by atoms with Gasteiger partial charge in [0.15, 0.2) is 0 Å². The van der Waals surface area contributed by atoms with E-state index in [1.807, 2.05) is 6.92 Å². The maximum Gasteiger partial charge on any atom is 0.490 e. The van der Waals surface area contributed by atoms with E-state index < -0.39 is 46.1 Å². The summed E-state index contributed by atoms with van der Waals surface area (Å²) in [6.45, 7) is 2.21. The number of benzene rings is 1. The van der Waals surface area contributed by atoms with Gasteiger partial charge in [-0.15, -0.1) is 0 Å². The number of carboxylic acids is 1. The van der Waals surface area contributed by atoms with Crippen LogP contribution in [-0.4, -0.2) is 71.0 Å². The number of carbonyl (C=O) groups excluding carboxylic acids is 2. The number of carbonyl (C=O) groups is 3. The van der Waals surface area contributed by atoms with Gasteiger partial charge in [-0.05, 0) is 31.9 Å². The number of aromatic amines is 1. The van der Waals surface area contributed by atoms with E-state index in [2.05, 4.69) is 14.7 Å². The summed E-state index contributed by atoms with van der Waals surface area (Å²) >= 11 is 0. The predicted octanol–water partition coefficient (Wildman–Crippen LogP) is 0.717. The molecule has 15 heteroatoms. The van der Waals surface area contributed by atoms with Gasteiger partial charge in [-0.3, -0.25) is 9.59 Å². The molecule has 35 heavy (non-hydrogen) atoms. The number of rotatable bonds is 7. The molecule has 1 aliphatic heterocycles. The number of alkyl halides is 3. The Hall–Kier alpha value is -3.46. The summed E-state index contributed by atoms with van der Waals surface area (Å²) in [5.41, 5.74) is 6.93.